The Morgan fingerprint density at radius 1 is 0.857 bits per heavy atom. The van der Waals surface area contributed by atoms with Crippen LogP contribution in [0.5, 0.6) is 0 Å². The van der Waals surface area contributed by atoms with E-state index in [0.29, 0.717) is 13.1 Å². The van der Waals surface area contributed by atoms with Crippen molar-refractivity contribution in [2.75, 3.05) is 13.1 Å². The van der Waals surface area contributed by atoms with Crippen LogP contribution in [0.2, 0.25) is 0 Å². The number of hydrogen-bond acceptors (Lipinski definition) is 2. The molecular formula is C23H22Br2N2O. The minimum Gasteiger partial charge on any atom is -0.390 e. The average molecular weight is 502 g/mol. The van der Waals surface area contributed by atoms with Crippen LogP contribution >= 0.6 is 31.9 Å². The zero-order valence-electron chi connectivity index (χ0n) is 15.4. The maximum atomic E-state index is 10.6. The molecule has 0 bridgehead atoms. The number of aliphatic hydroxyl groups is 1. The van der Waals surface area contributed by atoms with E-state index in [0.717, 1.165) is 32.9 Å². The molecule has 0 aliphatic rings. The highest BCUT2D eigenvalue weighted by Gasteiger charge is 2.14. The third kappa shape index (κ3) is 4.33. The van der Waals surface area contributed by atoms with E-state index in [-0.39, 0.29) is 0 Å². The van der Waals surface area contributed by atoms with Crippen LogP contribution < -0.4 is 5.32 Å². The third-order valence-corrected chi connectivity index (χ3v) is 5.98. The van der Waals surface area contributed by atoms with E-state index in [1.165, 1.54) is 16.3 Å². The van der Waals surface area contributed by atoms with Gasteiger partial charge in [-0.25, -0.2) is 0 Å². The molecule has 4 aromatic rings. The molecule has 4 rings (SSSR count). The van der Waals surface area contributed by atoms with Gasteiger partial charge in [-0.05, 0) is 54.9 Å². The van der Waals surface area contributed by atoms with Gasteiger partial charge in [0, 0.05) is 37.3 Å². The molecule has 3 nitrogen and oxygen atoms in total. The highest BCUT2D eigenvalue weighted by Crippen LogP contribution is 2.33. The van der Waals surface area contributed by atoms with Crippen molar-refractivity contribution in [2.24, 2.45) is 0 Å². The molecule has 2 N–H and O–H groups in total. The monoisotopic (exact) mass is 500 g/mol. The number of halogens is 2. The summed E-state index contributed by atoms with van der Waals surface area (Å²) < 4.78 is 4.33. The summed E-state index contributed by atoms with van der Waals surface area (Å²) in [5, 5.41) is 16.4. The van der Waals surface area contributed by atoms with Gasteiger partial charge in [-0.3, -0.25) is 0 Å². The lowest BCUT2D eigenvalue weighted by atomic mass is 10.1. The number of nitrogens with zero attached hydrogens (tertiary/aromatic N) is 1. The Kier molecular flexibility index (Phi) is 6.16. The lowest BCUT2D eigenvalue weighted by Gasteiger charge is -2.15. The van der Waals surface area contributed by atoms with Gasteiger partial charge >= 0.3 is 0 Å². The Morgan fingerprint density at radius 3 is 2.07 bits per heavy atom. The number of hydrogen-bond donors (Lipinski definition) is 2. The van der Waals surface area contributed by atoms with E-state index in [4.69, 9.17) is 0 Å². The van der Waals surface area contributed by atoms with Gasteiger partial charge in [-0.2, -0.15) is 0 Å². The predicted molar refractivity (Wildman–Crippen MR) is 124 cm³/mol. The molecule has 144 valence electrons. The first-order valence-corrected chi connectivity index (χ1v) is 11.0. The number of aliphatic hydroxyl groups excluding tert-OH is 1. The van der Waals surface area contributed by atoms with E-state index in [1.807, 2.05) is 6.07 Å². The van der Waals surface area contributed by atoms with E-state index in [1.54, 1.807) is 0 Å². The molecule has 5 heteroatoms. The molecule has 1 unspecified atom stereocenters. The van der Waals surface area contributed by atoms with Gasteiger partial charge in [0.15, 0.2) is 0 Å². The maximum absolute atomic E-state index is 10.6. The summed E-state index contributed by atoms with van der Waals surface area (Å²) >= 11 is 7.16. The summed E-state index contributed by atoms with van der Waals surface area (Å²) in [6.45, 7) is 1.98. The van der Waals surface area contributed by atoms with Gasteiger partial charge in [0.25, 0.3) is 0 Å². The minimum atomic E-state index is -0.457. The lowest BCUT2D eigenvalue weighted by Crippen LogP contribution is -2.31. The molecule has 0 radical (unpaired) electrons. The number of aromatic nitrogens is 1. The van der Waals surface area contributed by atoms with Crippen LogP contribution in [0.25, 0.3) is 21.8 Å². The first kappa shape index (κ1) is 19.6. The minimum absolute atomic E-state index is 0.457. The predicted octanol–water partition coefficient (Wildman–Crippen LogP) is 5.51. The zero-order valence-corrected chi connectivity index (χ0v) is 18.6. The van der Waals surface area contributed by atoms with Gasteiger partial charge in [0.2, 0.25) is 0 Å². The Morgan fingerprint density at radius 2 is 1.46 bits per heavy atom. The van der Waals surface area contributed by atoms with Gasteiger partial charge in [-0.15, -0.1) is 0 Å². The fourth-order valence-corrected chi connectivity index (χ4v) is 4.39. The van der Waals surface area contributed by atoms with Crippen molar-refractivity contribution in [3.05, 3.63) is 81.2 Å². The molecule has 0 aliphatic carbocycles. The largest absolute Gasteiger partial charge is 0.390 e. The van der Waals surface area contributed by atoms with Crippen molar-refractivity contribution < 1.29 is 5.11 Å². The van der Waals surface area contributed by atoms with Crippen molar-refractivity contribution in [3.8, 4) is 0 Å². The second kappa shape index (κ2) is 8.78. The van der Waals surface area contributed by atoms with Gasteiger partial charge in [0.05, 0.1) is 12.6 Å². The highest BCUT2D eigenvalue weighted by molar-refractivity contribution is 9.10. The summed E-state index contributed by atoms with van der Waals surface area (Å²) in [4.78, 5) is 0. The van der Waals surface area contributed by atoms with Crippen molar-refractivity contribution in [1.82, 2.24) is 9.88 Å². The SMILES string of the molecule is OC(CNCCc1ccccc1)Cn1c2ccc(Br)cc2c2cc(Br)ccc21. The van der Waals surface area contributed by atoms with Crippen molar-refractivity contribution >= 4 is 53.7 Å². The summed E-state index contributed by atoms with van der Waals surface area (Å²) in [5.41, 5.74) is 3.59. The smallest absolute Gasteiger partial charge is 0.0843 e. The van der Waals surface area contributed by atoms with Crippen molar-refractivity contribution in [2.45, 2.75) is 19.1 Å². The molecule has 3 aromatic carbocycles. The fraction of sp³-hybridized carbons (Fsp3) is 0.217. The Labute approximate surface area is 181 Å². The molecule has 1 atom stereocenters. The summed E-state index contributed by atoms with van der Waals surface area (Å²) in [6, 6.07) is 23.0. The van der Waals surface area contributed by atoms with E-state index in [9.17, 15) is 5.11 Å². The molecule has 0 saturated carbocycles. The van der Waals surface area contributed by atoms with Crippen molar-refractivity contribution in [3.63, 3.8) is 0 Å². The first-order chi connectivity index (χ1) is 13.6. The van der Waals surface area contributed by atoms with Crippen LogP contribution in [0, 0.1) is 0 Å². The summed E-state index contributed by atoms with van der Waals surface area (Å²) in [6.07, 6.45) is 0.507. The summed E-state index contributed by atoms with van der Waals surface area (Å²) in [7, 11) is 0. The second-order valence-electron chi connectivity index (χ2n) is 7.03. The van der Waals surface area contributed by atoms with E-state index < -0.39 is 6.10 Å². The van der Waals surface area contributed by atoms with Crippen LogP contribution in [0.3, 0.4) is 0 Å². The molecule has 28 heavy (non-hydrogen) atoms. The average Bonchev–Trinajstić information content (AvgIpc) is 2.98. The number of benzene rings is 3. The lowest BCUT2D eigenvalue weighted by molar-refractivity contribution is 0.154. The Hall–Kier alpha value is -1.66. The number of fused-ring (bicyclic) bond motifs is 3. The van der Waals surface area contributed by atoms with Crippen LogP contribution in [-0.4, -0.2) is 28.9 Å². The highest BCUT2D eigenvalue weighted by atomic mass is 79.9. The molecule has 0 aliphatic heterocycles. The van der Waals surface area contributed by atoms with Gasteiger partial charge in [-0.1, -0.05) is 62.2 Å². The fourth-order valence-electron chi connectivity index (χ4n) is 3.67. The normalized spacial score (nSPS) is 12.7. The first-order valence-electron chi connectivity index (χ1n) is 9.41. The molecule has 0 amide bonds. The molecule has 0 saturated heterocycles. The van der Waals surface area contributed by atoms with E-state index >= 15 is 0 Å². The van der Waals surface area contributed by atoms with E-state index in [2.05, 4.69) is 102 Å². The number of rotatable bonds is 7. The molecule has 0 fully saturated rings. The number of nitrogens with one attached hydrogen (secondary N) is 1. The molecule has 1 heterocycles. The molecule has 1 aromatic heterocycles. The molecule has 0 spiro atoms. The maximum Gasteiger partial charge on any atom is 0.0843 e. The summed E-state index contributed by atoms with van der Waals surface area (Å²) in [5.74, 6) is 0. The molecular weight excluding hydrogens is 480 g/mol. The van der Waals surface area contributed by atoms with Gasteiger partial charge < -0.3 is 15.0 Å². The third-order valence-electron chi connectivity index (χ3n) is 5.00. The van der Waals surface area contributed by atoms with Crippen LogP contribution in [0.1, 0.15) is 5.56 Å². The Balaban J connectivity index is 1.49. The quantitative estimate of drug-likeness (QED) is 0.327. The second-order valence-corrected chi connectivity index (χ2v) is 8.86. The van der Waals surface area contributed by atoms with Crippen LogP contribution in [0.15, 0.2) is 75.7 Å². The van der Waals surface area contributed by atoms with Gasteiger partial charge in [0.1, 0.15) is 0 Å². The standard InChI is InChI=1S/C23H22Br2N2O/c24-17-6-8-22-20(12-17)21-13-18(25)7-9-23(21)27(22)15-19(28)14-26-11-10-16-4-2-1-3-5-16/h1-9,12-13,19,26,28H,10-11,14-15H2. The van der Waals surface area contributed by atoms with Crippen LogP contribution in [-0.2, 0) is 13.0 Å². The van der Waals surface area contributed by atoms with Crippen LogP contribution in [0.4, 0.5) is 0 Å². The Bertz CT molecular complexity index is 1030. The topological polar surface area (TPSA) is 37.2 Å². The van der Waals surface area contributed by atoms with Crippen molar-refractivity contribution in [1.29, 1.82) is 0 Å². The zero-order chi connectivity index (χ0) is 19.5.